The van der Waals surface area contributed by atoms with E-state index >= 15 is 0 Å². The molecule has 0 radical (unpaired) electrons. The second-order valence-corrected chi connectivity index (χ2v) is 6.03. The van der Waals surface area contributed by atoms with E-state index in [0.29, 0.717) is 11.6 Å². The molecule has 3 aromatic heterocycles. The highest BCUT2D eigenvalue weighted by atomic mass is 16.5. The second kappa shape index (κ2) is 7.30. The maximum atomic E-state index is 12.3. The van der Waals surface area contributed by atoms with Crippen LogP contribution in [0.2, 0.25) is 0 Å². The predicted octanol–water partition coefficient (Wildman–Crippen LogP) is 2.06. The Balaban J connectivity index is 1.40. The van der Waals surface area contributed by atoms with Crippen molar-refractivity contribution in [2.75, 3.05) is 18.0 Å². The van der Waals surface area contributed by atoms with Crippen LogP contribution in [0.15, 0.2) is 47.4 Å². The van der Waals surface area contributed by atoms with Crippen molar-refractivity contribution in [1.82, 2.24) is 25.4 Å². The summed E-state index contributed by atoms with van der Waals surface area (Å²) in [4.78, 5) is 27.3. The summed E-state index contributed by atoms with van der Waals surface area (Å²) >= 11 is 0. The van der Waals surface area contributed by atoms with E-state index in [1.54, 1.807) is 30.7 Å². The van der Waals surface area contributed by atoms with Crippen molar-refractivity contribution < 1.29 is 9.32 Å². The van der Waals surface area contributed by atoms with Crippen LogP contribution >= 0.6 is 0 Å². The van der Waals surface area contributed by atoms with Gasteiger partial charge in [-0.1, -0.05) is 5.16 Å². The van der Waals surface area contributed by atoms with Gasteiger partial charge in [-0.05, 0) is 31.0 Å². The number of nitrogens with zero attached hydrogens (tertiary/aromatic N) is 5. The first-order valence-electron chi connectivity index (χ1n) is 8.52. The van der Waals surface area contributed by atoms with Gasteiger partial charge in [0.05, 0.1) is 6.54 Å². The number of rotatable bonds is 5. The van der Waals surface area contributed by atoms with E-state index in [1.165, 1.54) is 12.8 Å². The van der Waals surface area contributed by atoms with Crippen molar-refractivity contribution >= 4 is 11.7 Å². The van der Waals surface area contributed by atoms with Crippen molar-refractivity contribution in [3.05, 3.63) is 54.4 Å². The first kappa shape index (κ1) is 16.2. The molecule has 4 heterocycles. The van der Waals surface area contributed by atoms with Crippen LogP contribution in [0.25, 0.3) is 11.3 Å². The normalized spacial score (nSPS) is 13.8. The minimum absolute atomic E-state index is 0.208. The third-order valence-electron chi connectivity index (χ3n) is 4.22. The van der Waals surface area contributed by atoms with Crippen LogP contribution in [-0.4, -0.2) is 39.1 Å². The number of amides is 1. The summed E-state index contributed by atoms with van der Waals surface area (Å²) in [6.07, 6.45) is 7.41. The van der Waals surface area contributed by atoms with Gasteiger partial charge in [0.2, 0.25) is 0 Å². The predicted molar refractivity (Wildman–Crippen MR) is 94.4 cm³/mol. The first-order valence-corrected chi connectivity index (χ1v) is 8.52. The zero-order valence-electron chi connectivity index (χ0n) is 14.1. The molecule has 8 heteroatoms. The highest BCUT2D eigenvalue weighted by Crippen LogP contribution is 2.19. The van der Waals surface area contributed by atoms with Crippen molar-refractivity contribution in [3.8, 4) is 11.3 Å². The average Bonchev–Trinajstić information content (AvgIpc) is 3.39. The van der Waals surface area contributed by atoms with Crippen molar-refractivity contribution in [1.29, 1.82) is 0 Å². The lowest BCUT2D eigenvalue weighted by atomic mass is 10.2. The fourth-order valence-electron chi connectivity index (χ4n) is 2.87. The number of carbonyl (C=O) groups is 1. The summed E-state index contributed by atoms with van der Waals surface area (Å²) in [7, 11) is 0. The molecular weight excluding hydrogens is 332 g/mol. The van der Waals surface area contributed by atoms with Crippen LogP contribution in [0, 0.1) is 0 Å². The highest BCUT2D eigenvalue weighted by Gasteiger charge is 2.16. The second-order valence-electron chi connectivity index (χ2n) is 6.03. The van der Waals surface area contributed by atoms with Gasteiger partial charge in [-0.15, -0.1) is 0 Å². The summed E-state index contributed by atoms with van der Waals surface area (Å²) < 4.78 is 5.22. The van der Waals surface area contributed by atoms with Gasteiger partial charge in [0, 0.05) is 43.3 Å². The number of anilines is 1. The Morgan fingerprint density at radius 3 is 2.92 bits per heavy atom. The molecule has 1 fully saturated rings. The summed E-state index contributed by atoms with van der Waals surface area (Å²) in [5.41, 5.74) is 0.972. The summed E-state index contributed by atoms with van der Waals surface area (Å²) in [6.45, 7) is 2.26. The largest absolute Gasteiger partial charge is 0.357 e. The van der Waals surface area contributed by atoms with Crippen molar-refractivity contribution in [2.45, 2.75) is 19.4 Å². The lowest BCUT2D eigenvalue weighted by molar-refractivity contribution is 0.0941. The van der Waals surface area contributed by atoms with E-state index < -0.39 is 0 Å². The molecular formula is C18H18N6O2. The van der Waals surface area contributed by atoms with Gasteiger partial charge in [0.1, 0.15) is 11.6 Å². The van der Waals surface area contributed by atoms with Crippen molar-refractivity contribution in [3.63, 3.8) is 0 Å². The van der Waals surface area contributed by atoms with E-state index in [2.05, 4.69) is 30.3 Å². The lowest BCUT2D eigenvalue weighted by Crippen LogP contribution is -2.25. The molecule has 26 heavy (non-hydrogen) atoms. The van der Waals surface area contributed by atoms with Crippen LogP contribution < -0.4 is 10.2 Å². The standard InChI is InChI=1S/C18H18N6O2/c25-18(14-10-15(26-23-14)13-4-3-6-19-11-13)21-12-16-20-7-5-17(22-16)24-8-1-2-9-24/h3-7,10-11H,1-2,8-9,12H2,(H,21,25). The van der Waals surface area contributed by atoms with Gasteiger partial charge < -0.3 is 14.7 Å². The topological polar surface area (TPSA) is 97.0 Å². The Bertz CT molecular complexity index is 889. The van der Waals surface area contributed by atoms with Crippen LogP contribution in [-0.2, 0) is 6.54 Å². The van der Waals surface area contributed by atoms with Crippen LogP contribution in [0.3, 0.4) is 0 Å². The molecule has 0 bridgehead atoms. The number of hydrogen-bond donors (Lipinski definition) is 1. The molecule has 0 aliphatic carbocycles. The third kappa shape index (κ3) is 3.53. The summed E-state index contributed by atoms with van der Waals surface area (Å²) in [5, 5.41) is 6.60. The van der Waals surface area contributed by atoms with Gasteiger partial charge in [-0.3, -0.25) is 9.78 Å². The fourth-order valence-corrected chi connectivity index (χ4v) is 2.87. The van der Waals surface area contributed by atoms with Crippen LogP contribution in [0.4, 0.5) is 5.82 Å². The SMILES string of the molecule is O=C(NCc1nccc(N2CCCC2)n1)c1cc(-c2cccnc2)on1. The number of hydrogen-bond acceptors (Lipinski definition) is 7. The van der Waals surface area contributed by atoms with Crippen LogP contribution in [0.5, 0.6) is 0 Å². The van der Waals surface area contributed by atoms with E-state index in [-0.39, 0.29) is 18.1 Å². The molecule has 1 aliphatic heterocycles. The molecule has 0 unspecified atom stereocenters. The van der Waals surface area contributed by atoms with Gasteiger partial charge >= 0.3 is 0 Å². The molecule has 4 rings (SSSR count). The van der Waals surface area contributed by atoms with E-state index in [0.717, 1.165) is 24.5 Å². The molecule has 1 aliphatic rings. The smallest absolute Gasteiger partial charge is 0.273 e. The first-order chi connectivity index (χ1) is 12.8. The number of aromatic nitrogens is 4. The van der Waals surface area contributed by atoms with Crippen LogP contribution in [0.1, 0.15) is 29.2 Å². The van der Waals surface area contributed by atoms with Crippen molar-refractivity contribution in [2.24, 2.45) is 0 Å². The lowest BCUT2D eigenvalue weighted by Gasteiger charge is -2.16. The zero-order valence-corrected chi connectivity index (χ0v) is 14.1. The Morgan fingerprint density at radius 2 is 2.12 bits per heavy atom. The molecule has 0 aromatic carbocycles. The van der Waals surface area contributed by atoms with Gasteiger partial charge in [-0.25, -0.2) is 9.97 Å². The number of nitrogens with one attached hydrogen (secondary N) is 1. The summed E-state index contributed by atoms with van der Waals surface area (Å²) in [5.74, 6) is 1.63. The molecule has 0 atom stereocenters. The monoisotopic (exact) mass is 350 g/mol. The molecule has 1 N–H and O–H groups in total. The maximum Gasteiger partial charge on any atom is 0.273 e. The summed E-state index contributed by atoms with van der Waals surface area (Å²) in [6, 6.07) is 7.12. The van der Waals surface area contributed by atoms with Gasteiger partial charge in [-0.2, -0.15) is 0 Å². The van der Waals surface area contributed by atoms with E-state index in [9.17, 15) is 4.79 Å². The Hall–Kier alpha value is -3.29. The fraction of sp³-hybridized carbons (Fsp3) is 0.278. The Labute approximate surface area is 150 Å². The maximum absolute atomic E-state index is 12.3. The molecule has 132 valence electrons. The molecule has 1 amide bonds. The number of pyridine rings is 1. The minimum atomic E-state index is -0.334. The highest BCUT2D eigenvalue weighted by molar-refractivity contribution is 5.92. The molecule has 0 spiro atoms. The molecule has 3 aromatic rings. The average molecular weight is 350 g/mol. The van der Waals surface area contributed by atoms with Gasteiger partial charge in [0.15, 0.2) is 11.5 Å². The third-order valence-corrected chi connectivity index (χ3v) is 4.22. The molecule has 0 saturated carbocycles. The Morgan fingerprint density at radius 1 is 1.23 bits per heavy atom. The molecule has 8 nitrogen and oxygen atoms in total. The Kier molecular flexibility index (Phi) is 4.55. The van der Waals surface area contributed by atoms with E-state index in [1.807, 2.05) is 12.1 Å². The zero-order chi connectivity index (χ0) is 17.8. The quantitative estimate of drug-likeness (QED) is 0.752. The van der Waals surface area contributed by atoms with Gasteiger partial charge in [0.25, 0.3) is 5.91 Å². The van der Waals surface area contributed by atoms with E-state index in [4.69, 9.17) is 4.52 Å². The number of carbonyl (C=O) groups excluding carboxylic acids is 1. The molecule has 1 saturated heterocycles. The minimum Gasteiger partial charge on any atom is -0.357 e.